The first kappa shape index (κ1) is 5.81. The second kappa shape index (κ2) is 1.89. The fourth-order valence-electron chi connectivity index (χ4n) is 0.477. The fourth-order valence-corrected chi connectivity index (χ4v) is 0.477. The van der Waals surface area contributed by atoms with Gasteiger partial charge in [-0.1, -0.05) is 0 Å². The predicted molar refractivity (Wildman–Crippen MR) is 29.8 cm³/mol. The summed E-state index contributed by atoms with van der Waals surface area (Å²) < 4.78 is 12.7. The van der Waals surface area contributed by atoms with Gasteiger partial charge in [0.15, 0.2) is 12.0 Å². The van der Waals surface area contributed by atoms with Gasteiger partial charge in [0, 0.05) is 6.07 Å². The fraction of sp³-hybridized carbons (Fsp3) is 0. The molecule has 0 amide bonds. The molecule has 1 rings (SSSR count). The molecule has 3 nitrogen and oxygen atoms in total. The number of nitrogen functional groups attached to an aromatic ring is 1. The maximum atomic E-state index is 12.2. The standard InChI is InChI=1S/C5H5FN2O/c6-4-1-2-8(9)3-5(4)7/h1-3H,7H2. The van der Waals surface area contributed by atoms with Crippen LogP contribution in [0.1, 0.15) is 0 Å². The lowest BCUT2D eigenvalue weighted by molar-refractivity contribution is -0.604. The van der Waals surface area contributed by atoms with Crippen LogP contribution in [0.5, 0.6) is 0 Å². The Kier molecular flexibility index (Phi) is 1.22. The summed E-state index contributed by atoms with van der Waals surface area (Å²) in [7, 11) is 0. The number of pyridine rings is 1. The smallest absolute Gasteiger partial charge is 0.206 e. The van der Waals surface area contributed by atoms with Crippen molar-refractivity contribution in [1.82, 2.24) is 0 Å². The Hall–Kier alpha value is -1.32. The van der Waals surface area contributed by atoms with E-state index in [-0.39, 0.29) is 5.69 Å². The normalized spacial score (nSPS) is 9.44. The van der Waals surface area contributed by atoms with Gasteiger partial charge in [-0.3, -0.25) is 0 Å². The van der Waals surface area contributed by atoms with Crippen molar-refractivity contribution < 1.29 is 9.12 Å². The number of hydrogen-bond acceptors (Lipinski definition) is 2. The molecule has 4 heteroatoms. The van der Waals surface area contributed by atoms with Gasteiger partial charge in [0.25, 0.3) is 0 Å². The molecule has 0 bridgehead atoms. The molecule has 0 radical (unpaired) electrons. The topological polar surface area (TPSA) is 53.0 Å². The van der Waals surface area contributed by atoms with Crippen LogP contribution in [0.3, 0.4) is 0 Å². The Morgan fingerprint density at radius 1 is 1.67 bits per heavy atom. The largest absolute Gasteiger partial charge is 0.619 e. The number of nitrogens with zero attached hydrogens (tertiary/aromatic N) is 1. The minimum Gasteiger partial charge on any atom is -0.619 e. The molecule has 0 aliphatic carbocycles. The minimum atomic E-state index is -0.567. The molecule has 0 saturated heterocycles. The van der Waals surface area contributed by atoms with E-state index >= 15 is 0 Å². The van der Waals surface area contributed by atoms with Crippen molar-refractivity contribution >= 4 is 5.69 Å². The van der Waals surface area contributed by atoms with Crippen LogP contribution >= 0.6 is 0 Å². The molecular formula is C5H5FN2O. The zero-order chi connectivity index (χ0) is 6.85. The van der Waals surface area contributed by atoms with Crippen LogP contribution in [0.25, 0.3) is 0 Å². The van der Waals surface area contributed by atoms with Crippen molar-refractivity contribution in [2.75, 3.05) is 5.73 Å². The lowest BCUT2D eigenvalue weighted by atomic mass is 10.4. The lowest BCUT2D eigenvalue weighted by Gasteiger charge is -1.95. The molecule has 1 aromatic heterocycles. The third-order valence-corrected chi connectivity index (χ3v) is 0.910. The van der Waals surface area contributed by atoms with E-state index in [0.717, 1.165) is 18.5 Å². The number of hydrogen-bond donors (Lipinski definition) is 1. The van der Waals surface area contributed by atoms with Crippen LogP contribution in [0, 0.1) is 11.0 Å². The highest BCUT2D eigenvalue weighted by atomic mass is 19.1. The van der Waals surface area contributed by atoms with Crippen molar-refractivity contribution in [3.05, 3.63) is 29.5 Å². The van der Waals surface area contributed by atoms with Crippen LogP contribution in [-0.2, 0) is 0 Å². The highest BCUT2D eigenvalue weighted by molar-refractivity contribution is 5.32. The van der Waals surface area contributed by atoms with Gasteiger partial charge in [-0.05, 0) is 0 Å². The molecule has 1 heterocycles. The van der Waals surface area contributed by atoms with Gasteiger partial charge >= 0.3 is 0 Å². The van der Waals surface area contributed by atoms with Gasteiger partial charge in [0.2, 0.25) is 6.20 Å². The summed E-state index contributed by atoms with van der Waals surface area (Å²) in [5.41, 5.74) is 4.89. The molecular weight excluding hydrogens is 123 g/mol. The second-order valence-electron chi connectivity index (χ2n) is 1.61. The predicted octanol–water partition coefficient (Wildman–Crippen LogP) is 0.0413. The summed E-state index contributed by atoms with van der Waals surface area (Å²) in [6.45, 7) is 0. The van der Waals surface area contributed by atoms with Gasteiger partial charge < -0.3 is 10.9 Å². The van der Waals surface area contributed by atoms with Crippen LogP contribution in [0.4, 0.5) is 10.1 Å². The van der Waals surface area contributed by atoms with E-state index in [4.69, 9.17) is 5.73 Å². The summed E-state index contributed by atoms with van der Waals surface area (Å²) in [6.07, 6.45) is 2.01. The summed E-state index contributed by atoms with van der Waals surface area (Å²) in [5, 5.41) is 10.3. The van der Waals surface area contributed by atoms with Crippen molar-refractivity contribution in [2.45, 2.75) is 0 Å². The SMILES string of the molecule is Nc1c[n+]([O-])ccc1F. The van der Waals surface area contributed by atoms with E-state index < -0.39 is 5.82 Å². The molecule has 0 unspecified atom stereocenters. The van der Waals surface area contributed by atoms with Crippen molar-refractivity contribution in [1.29, 1.82) is 0 Å². The average Bonchev–Trinajstić information content (AvgIpc) is 1.80. The summed E-state index contributed by atoms with van der Waals surface area (Å²) in [5.74, 6) is -0.567. The Bertz CT molecular complexity index is 226. The van der Waals surface area contributed by atoms with Crippen LogP contribution in [0.2, 0.25) is 0 Å². The van der Waals surface area contributed by atoms with Crippen molar-refractivity contribution in [2.24, 2.45) is 0 Å². The van der Waals surface area contributed by atoms with E-state index in [0.29, 0.717) is 4.73 Å². The van der Waals surface area contributed by atoms with E-state index in [9.17, 15) is 9.60 Å². The molecule has 0 spiro atoms. The molecule has 2 N–H and O–H groups in total. The Morgan fingerprint density at radius 2 is 2.33 bits per heavy atom. The van der Waals surface area contributed by atoms with E-state index in [2.05, 4.69) is 0 Å². The number of halogens is 1. The molecule has 0 aromatic carbocycles. The third kappa shape index (κ3) is 1.07. The van der Waals surface area contributed by atoms with Crippen LogP contribution < -0.4 is 10.5 Å². The highest BCUT2D eigenvalue weighted by Gasteiger charge is 1.98. The zero-order valence-corrected chi connectivity index (χ0v) is 4.54. The molecule has 0 atom stereocenters. The van der Waals surface area contributed by atoms with E-state index in [1.807, 2.05) is 0 Å². The van der Waals surface area contributed by atoms with E-state index in [1.54, 1.807) is 0 Å². The number of rotatable bonds is 0. The summed E-state index contributed by atoms with van der Waals surface area (Å²) in [6, 6.07) is 1.02. The number of aromatic nitrogens is 1. The molecule has 0 fully saturated rings. The first-order chi connectivity index (χ1) is 4.20. The van der Waals surface area contributed by atoms with Crippen LogP contribution in [0.15, 0.2) is 18.5 Å². The van der Waals surface area contributed by atoms with Crippen molar-refractivity contribution in [3.63, 3.8) is 0 Å². The Balaban J connectivity index is 3.17. The van der Waals surface area contributed by atoms with Crippen LogP contribution in [-0.4, -0.2) is 0 Å². The molecule has 0 aliphatic heterocycles. The average molecular weight is 128 g/mol. The van der Waals surface area contributed by atoms with Gasteiger partial charge in [0.1, 0.15) is 5.69 Å². The summed E-state index contributed by atoms with van der Waals surface area (Å²) in [4.78, 5) is 0. The monoisotopic (exact) mass is 128 g/mol. The minimum absolute atomic E-state index is 0.132. The van der Waals surface area contributed by atoms with Gasteiger partial charge in [0.05, 0.1) is 0 Å². The Labute approximate surface area is 51.1 Å². The zero-order valence-electron chi connectivity index (χ0n) is 4.54. The third-order valence-electron chi connectivity index (χ3n) is 0.910. The van der Waals surface area contributed by atoms with E-state index in [1.165, 1.54) is 0 Å². The Morgan fingerprint density at radius 3 is 2.78 bits per heavy atom. The summed E-state index contributed by atoms with van der Waals surface area (Å²) >= 11 is 0. The second-order valence-corrected chi connectivity index (χ2v) is 1.61. The van der Waals surface area contributed by atoms with Gasteiger partial charge in [-0.2, -0.15) is 4.73 Å². The maximum Gasteiger partial charge on any atom is 0.206 e. The van der Waals surface area contributed by atoms with Gasteiger partial charge in [-0.25, -0.2) is 4.39 Å². The molecule has 9 heavy (non-hydrogen) atoms. The molecule has 48 valence electrons. The van der Waals surface area contributed by atoms with Crippen molar-refractivity contribution in [3.8, 4) is 0 Å². The first-order valence-corrected chi connectivity index (χ1v) is 2.34. The lowest BCUT2D eigenvalue weighted by Crippen LogP contribution is -2.25. The quantitative estimate of drug-likeness (QED) is 0.396. The number of nitrogens with two attached hydrogens (primary N) is 1. The maximum absolute atomic E-state index is 12.2. The first-order valence-electron chi connectivity index (χ1n) is 2.34. The molecule has 0 saturated carbocycles. The highest BCUT2D eigenvalue weighted by Crippen LogP contribution is 2.02. The number of anilines is 1. The molecule has 1 aromatic rings. The molecule has 0 aliphatic rings. The van der Waals surface area contributed by atoms with Gasteiger partial charge in [-0.15, -0.1) is 0 Å².